The molecule has 162 valence electrons. The van der Waals surface area contributed by atoms with Gasteiger partial charge in [-0.25, -0.2) is 13.2 Å². The van der Waals surface area contributed by atoms with Gasteiger partial charge >= 0.3 is 0 Å². The first-order chi connectivity index (χ1) is 14.1. The van der Waals surface area contributed by atoms with Gasteiger partial charge in [0.05, 0.1) is 30.0 Å². The van der Waals surface area contributed by atoms with Crippen molar-refractivity contribution in [1.29, 1.82) is 0 Å². The Labute approximate surface area is 180 Å². The van der Waals surface area contributed by atoms with Crippen LogP contribution in [0.5, 0.6) is 5.75 Å². The predicted molar refractivity (Wildman–Crippen MR) is 105 cm³/mol. The van der Waals surface area contributed by atoms with E-state index in [1.165, 1.54) is 18.3 Å². The molecule has 2 heterocycles. The fourth-order valence-electron chi connectivity index (χ4n) is 2.84. The third kappa shape index (κ3) is 4.80. The quantitative estimate of drug-likeness (QED) is 0.652. The number of carbonyl (C=O) groups excluding carboxylic acids is 1. The zero-order valence-electron chi connectivity index (χ0n) is 15.7. The van der Waals surface area contributed by atoms with Gasteiger partial charge in [-0.15, -0.1) is 0 Å². The fourth-order valence-corrected chi connectivity index (χ4v) is 3.39. The molecule has 2 aromatic rings. The van der Waals surface area contributed by atoms with E-state index in [1.807, 2.05) is 0 Å². The van der Waals surface area contributed by atoms with Gasteiger partial charge in [0.2, 0.25) is 5.91 Å². The maximum absolute atomic E-state index is 14.8. The van der Waals surface area contributed by atoms with Crippen LogP contribution in [0.2, 0.25) is 10.0 Å². The van der Waals surface area contributed by atoms with Crippen LogP contribution in [0.3, 0.4) is 0 Å². The van der Waals surface area contributed by atoms with Crippen LogP contribution in [0.1, 0.15) is 18.7 Å². The minimum absolute atomic E-state index is 0.000715. The van der Waals surface area contributed by atoms with Gasteiger partial charge in [0.1, 0.15) is 23.7 Å². The summed E-state index contributed by atoms with van der Waals surface area (Å²) in [6, 6.07) is 3.10. The van der Waals surface area contributed by atoms with Crippen molar-refractivity contribution in [2.75, 3.05) is 19.8 Å². The smallest absolute Gasteiger partial charge is 0.272 e. The van der Waals surface area contributed by atoms with E-state index >= 15 is 0 Å². The maximum Gasteiger partial charge on any atom is 0.272 e. The van der Waals surface area contributed by atoms with Crippen molar-refractivity contribution in [1.82, 2.24) is 10.3 Å². The van der Waals surface area contributed by atoms with Crippen molar-refractivity contribution < 1.29 is 27.4 Å². The van der Waals surface area contributed by atoms with E-state index in [2.05, 4.69) is 10.3 Å². The molecule has 1 aliphatic heterocycles. The molecule has 30 heavy (non-hydrogen) atoms. The topological polar surface area (TPSA) is 86.5 Å². The summed E-state index contributed by atoms with van der Waals surface area (Å²) in [5.41, 5.74) is 5.11. The Hall–Kier alpha value is -2.07. The van der Waals surface area contributed by atoms with Gasteiger partial charge in [0.25, 0.3) is 6.43 Å². The molecule has 1 aliphatic rings. The van der Waals surface area contributed by atoms with E-state index in [1.54, 1.807) is 6.92 Å². The molecule has 1 atom stereocenters. The zero-order chi connectivity index (χ0) is 22.1. The number of hydrogen-bond donors (Lipinski definition) is 2. The third-order valence-electron chi connectivity index (χ3n) is 4.47. The van der Waals surface area contributed by atoms with Gasteiger partial charge in [-0.2, -0.15) is 0 Å². The average molecular weight is 464 g/mol. The van der Waals surface area contributed by atoms with Crippen molar-refractivity contribution in [2.24, 2.45) is 5.73 Å². The van der Waals surface area contributed by atoms with Crippen molar-refractivity contribution >= 4 is 29.1 Å². The van der Waals surface area contributed by atoms with E-state index in [-0.39, 0.29) is 45.8 Å². The molecule has 1 amide bonds. The van der Waals surface area contributed by atoms with Crippen LogP contribution in [0.15, 0.2) is 24.4 Å². The third-order valence-corrected chi connectivity index (χ3v) is 4.97. The summed E-state index contributed by atoms with van der Waals surface area (Å²) >= 11 is 12.1. The molecule has 0 radical (unpaired) electrons. The highest BCUT2D eigenvalue weighted by atomic mass is 35.5. The van der Waals surface area contributed by atoms with Gasteiger partial charge in [-0.3, -0.25) is 9.78 Å². The summed E-state index contributed by atoms with van der Waals surface area (Å²) in [5, 5.41) is 2.81. The van der Waals surface area contributed by atoms with Crippen LogP contribution in [-0.2, 0) is 9.53 Å². The summed E-state index contributed by atoms with van der Waals surface area (Å²) in [6.07, 6.45) is -1.42. The van der Waals surface area contributed by atoms with E-state index in [4.69, 9.17) is 38.4 Å². The largest absolute Gasteiger partial charge is 0.485 e. The second-order valence-electron chi connectivity index (χ2n) is 6.90. The molecule has 0 saturated carbocycles. The number of nitrogens with two attached hydrogens (primary N) is 1. The number of nitrogens with zero attached hydrogens (tertiary/aromatic N) is 1. The van der Waals surface area contributed by atoms with Crippen LogP contribution in [0.25, 0.3) is 11.1 Å². The van der Waals surface area contributed by atoms with Crippen LogP contribution in [0.4, 0.5) is 13.2 Å². The van der Waals surface area contributed by atoms with Crippen LogP contribution in [-0.4, -0.2) is 42.7 Å². The molecule has 0 unspecified atom stereocenters. The lowest BCUT2D eigenvalue weighted by Crippen LogP contribution is -2.66. The number of rotatable bonds is 7. The molecule has 6 nitrogen and oxygen atoms in total. The maximum atomic E-state index is 14.8. The van der Waals surface area contributed by atoms with Gasteiger partial charge < -0.3 is 20.5 Å². The minimum atomic E-state index is -2.72. The number of amides is 1. The van der Waals surface area contributed by atoms with E-state index in [0.717, 1.165) is 6.07 Å². The lowest BCUT2D eigenvalue weighted by Gasteiger charge is -2.36. The Kier molecular flexibility index (Phi) is 6.76. The summed E-state index contributed by atoms with van der Waals surface area (Å²) in [5.74, 6) is -1.27. The molecule has 3 N–H and O–H groups in total. The van der Waals surface area contributed by atoms with Crippen LogP contribution < -0.4 is 15.8 Å². The van der Waals surface area contributed by atoms with E-state index < -0.39 is 36.3 Å². The second-order valence-corrected chi connectivity index (χ2v) is 7.75. The van der Waals surface area contributed by atoms with E-state index in [9.17, 15) is 18.0 Å². The van der Waals surface area contributed by atoms with E-state index in [0.29, 0.717) is 0 Å². The fraction of sp³-hybridized carbons (Fsp3) is 0.368. The van der Waals surface area contributed by atoms with Crippen molar-refractivity contribution in [2.45, 2.75) is 24.9 Å². The molecule has 1 fully saturated rings. The second kappa shape index (κ2) is 8.97. The molecule has 0 bridgehead atoms. The minimum Gasteiger partial charge on any atom is -0.485 e. The Bertz CT molecular complexity index is 958. The Morgan fingerprint density at radius 3 is 2.63 bits per heavy atom. The lowest BCUT2D eigenvalue weighted by atomic mass is 9.97. The lowest BCUT2D eigenvalue weighted by molar-refractivity contribution is -0.144. The molecule has 3 rings (SSSR count). The molecule has 0 spiro atoms. The first kappa shape index (κ1) is 22.6. The number of halogens is 5. The predicted octanol–water partition coefficient (Wildman–Crippen LogP) is 3.74. The first-order valence-electron chi connectivity index (χ1n) is 8.84. The Morgan fingerprint density at radius 1 is 1.37 bits per heavy atom. The summed E-state index contributed by atoms with van der Waals surface area (Å²) in [7, 11) is 0. The van der Waals surface area contributed by atoms with Crippen molar-refractivity contribution in [3.05, 3.63) is 46.0 Å². The number of nitrogens with one attached hydrogen (secondary N) is 1. The van der Waals surface area contributed by atoms with Crippen molar-refractivity contribution in [3.8, 4) is 16.9 Å². The van der Waals surface area contributed by atoms with Crippen molar-refractivity contribution in [3.63, 3.8) is 0 Å². The van der Waals surface area contributed by atoms with Gasteiger partial charge in [0.15, 0.2) is 0 Å². The number of carbonyl (C=O) groups is 1. The van der Waals surface area contributed by atoms with Crippen LogP contribution >= 0.6 is 23.2 Å². The molecule has 1 saturated heterocycles. The standard InChI is InChI=1S/C19H18Cl2F3N3O3/c1-9(27-18(28)19(25)7-29-8-19)16-14(22)2-10(5-26-16)12-3-11(20)4-13(21)17(12)30-6-15(23)24/h2-5,9,15H,6-8,25H2,1H3,(H,27,28)/t9-/m1/s1. The Morgan fingerprint density at radius 2 is 2.07 bits per heavy atom. The summed E-state index contributed by atoms with van der Waals surface area (Å²) < 4.78 is 50.0. The number of ether oxygens (including phenoxy) is 2. The monoisotopic (exact) mass is 463 g/mol. The number of pyridine rings is 1. The summed E-state index contributed by atoms with van der Waals surface area (Å²) in [6.45, 7) is 0.823. The molecule has 1 aromatic heterocycles. The number of hydrogen-bond acceptors (Lipinski definition) is 5. The molecular formula is C19H18Cl2F3N3O3. The molecule has 1 aromatic carbocycles. The first-order valence-corrected chi connectivity index (χ1v) is 9.59. The number of alkyl halides is 2. The van der Waals surface area contributed by atoms with Gasteiger partial charge in [-0.1, -0.05) is 23.2 Å². The zero-order valence-corrected chi connectivity index (χ0v) is 17.2. The van der Waals surface area contributed by atoms with Gasteiger partial charge in [0, 0.05) is 22.3 Å². The molecule has 0 aliphatic carbocycles. The highest BCUT2D eigenvalue weighted by Crippen LogP contribution is 2.39. The average Bonchev–Trinajstić information content (AvgIpc) is 2.64. The SMILES string of the molecule is C[C@@H](NC(=O)C1(N)COC1)c1ncc(-c2cc(Cl)cc(Cl)c2OCC(F)F)cc1F. The van der Waals surface area contributed by atoms with Crippen LogP contribution in [0, 0.1) is 5.82 Å². The number of aromatic nitrogens is 1. The summed E-state index contributed by atoms with van der Waals surface area (Å²) in [4.78, 5) is 16.3. The normalized spacial score (nSPS) is 16.1. The molecule has 11 heteroatoms. The highest BCUT2D eigenvalue weighted by Gasteiger charge is 2.42. The van der Waals surface area contributed by atoms with Gasteiger partial charge in [-0.05, 0) is 25.1 Å². The highest BCUT2D eigenvalue weighted by molar-refractivity contribution is 6.36. The Balaban J connectivity index is 1.87. The molecular weight excluding hydrogens is 446 g/mol. The number of benzene rings is 1.